The SMILES string of the molecule is CC(O)N(O)CCCCCNC(=O)CCC(O)N(O)CCCCCNC(=O)CCC(O)N(O)CCCCCN. The van der Waals surface area contributed by atoms with Gasteiger partial charge in [-0.05, 0) is 64.8 Å². The van der Waals surface area contributed by atoms with Crippen molar-refractivity contribution in [2.24, 2.45) is 5.73 Å². The summed E-state index contributed by atoms with van der Waals surface area (Å²) in [5.74, 6) is -0.427. The molecule has 0 radical (unpaired) electrons. The first kappa shape index (κ1) is 37.5. The van der Waals surface area contributed by atoms with Crippen LogP contribution in [0.5, 0.6) is 0 Å². The zero-order valence-electron chi connectivity index (χ0n) is 23.6. The predicted molar refractivity (Wildman–Crippen MR) is 144 cm³/mol. The van der Waals surface area contributed by atoms with Crippen molar-refractivity contribution >= 4 is 11.8 Å². The van der Waals surface area contributed by atoms with Gasteiger partial charge >= 0.3 is 0 Å². The van der Waals surface area contributed by atoms with Gasteiger partial charge in [-0.3, -0.25) is 9.59 Å². The largest absolute Gasteiger partial charge is 0.377 e. The molecular formula is C25H54N6O8. The van der Waals surface area contributed by atoms with E-state index in [0.717, 1.165) is 40.9 Å². The van der Waals surface area contributed by atoms with Crippen molar-refractivity contribution in [2.45, 2.75) is 109 Å². The quantitative estimate of drug-likeness (QED) is 0.0392. The standard InChI is InChI=1S/C25H54N6O8/c1-21(32)29(37)18-9-3-6-16-27-22(33)12-14-25(36)31(39)20-10-4-7-17-28-23(34)11-13-24(35)30(38)19-8-2-5-15-26/h21,24-25,32,35-39H,2-20,26H2,1H3,(H,27,33)(H,28,34). The van der Waals surface area contributed by atoms with Gasteiger partial charge in [-0.1, -0.05) is 19.3 Å². The van der Waals surface area contributed by atoms with E-state index < -0.39 is 18.7 Å². The Morgan fingerprint density at radius 2 is 1.03 bits per heavy atom. The molecule has 0 heterocycles. The molecule has 14 nitrogen and oxygen atoms in total. The van der Waals surface area contributed by atoms with Crippen LogP contribution in [0.2, 0.25) is 0 Å². The summed E-state index contributed by atoms with van der Waals surface area (Å²) in [4.78, 5) is 23.8. The Labute approximate surface area is 232 Å². The van der Waals surface area contributed by atoms with Gasteiger partial charge in [0, 0.05) is 45.6 Å². The third-order valence-electron chi connectivity index (χ3n) is 6.24. The van der Waals surface area contributed by atoms with E-state index in [9.17, 15) is 35.4 Å². The molecule has 0 aromatic carbocycles. The predicted octanol–water partition coefficient (Wildman–Crippen LogP) is 0.298. The second-order valence-electron chi connectivity index (χ2n) is 9.83. The fourth-order valence-corrected chi connectivity index (χ4v) is 3.68. The molecule has 0 aromatic heterocycles. The zero-order chi connectivity index (χ0) is 29.5. The van der Waals surface area contributed by atoms with Crippen LogP contribution < -0.4 is 16.4 Å². The van der Waals surface area contributed by atoms with Crippen molar-refractivity contribution in [1.82, 2.24) is 25.8 Å². The zero-order valence-corrected chi connectivity index (χ0v) is 23.6. The summed E-state index contributed by atoms with van der Waals surface area (Å²) in [7, 11) is 0. The van der Waals surface area contributed by atoms with Gasteiger partial charge in [0.25, 0.3) is 0 Å². The lowest BCUT2D eigenvalue weighted by molar-refractivity contribution is -0.199. The van der Waals surface area contributed by atoms with Crippen molar-refractivity contribution in [3.63, 3.8) is 0 Å². The van der Waals surface area contributed by atoms with Crippen molar-refractivity contribution < 1.29 is 40.5 Å². The lowest BCUT2D eigenvalue weighted by Gasteiger charge is -2.21. The number of rotatable bonds is 26. The highest BCUT2D eigenvalue weighted by atomic mass is 16.5. The van der Waals surface area contributed by atoms with Gasteiger partial charge in [0.2, 0.25) is 11.8 Å². The molecule has 0 aliphatic rings. The Morgan fingerprint density at radius 3 is 1.41 bits per heavy atom. The van der Waals surface area contributed by atoms with Crippen LogP contribution in [-0.2, 0) is 9.59 Å². The summed E-state index contributed by atoms with van der Waals surface area (Å²) in [5, 5.41) is 66.2. The van der Waals surface area contributed by atoms with E-state index in [1.165, 1.54) is 6.92 Å². The summed E-state index contributed by atoms with van der Waals surface area (Å²) in [6, 6.07) is 0. The van der Waals surface area contributed by atoms with E-state index in [1.54, 1.807) is 0 Å². The molecule has 0 aliphatic heterocycles. The molecule has 0 aliphatic carbocycles. The fourth-order valence-electron chi connectivity index (χ4n) is 3.68. The maximum atomic E-state index is 11.9. The smallest absolute Gasteiger partial charge is 0.220 e. The molecule has 0 saturated carbocycles. The molecule has 0 aromatic rings. The number of hydrogen-bond acceptors (Lipinski definition) is 12. The van der Waals surface area contributed by atoms with Gasteiger partial charge in [0.15, 0.2) is 0 Å². The molecule has 39 heavy (non-hydrogen) atoms. The van der Waals surface area contributed by atoms with E-state index in [1.807, 2.05) is 0 Å². The number of aliphatic hydroxyl groups is 3. The van der Waals surface area contributed by atoms with Gasteiger partial charge in [0.1, 0.15) is 18.7 Å². The number of carbonyl (C=O) groups is 2. The van der Waals surface area contributed by atoms with E-state index in [4.69, 9.17) is 10.8 Å². The van der Waals surface area contributed by atoms with E-state index in [2.05, 4.69) is 10.6 Å². The van der Waals surface area contributed by atoms with Gasteiger partial charge in [-0.25, -0.2) is 0 Å². The number of nitrogens with zero attached hydrogens (tertiary/aromatic N) is 3. The highest BCUT2D eigenvalue weighted by Gasteiger charge is 2.16. The Bertz CT molecular complexity index is 619. The Kier molecular flexibility index (Phi) is 23.4. The van der Waals surface area contributed by atoms with Crippen molar-refractivity contribution in [2.75, 3.05) is 39.3 Å². The van der Waals surface area contributed by atoms with Crippen LogP contribution in [0.4, 0.5) is 0 Å². The first-order valence-electron chi connectivity index (χ1n) is 14.2. The van der Waals surface area contributed by atoms with Crippen LogP contribution in [0, 0.1) is 0 Å². The molecule has 3 atom stereocenters. The molecule has 2 amide bonds. The molecule has 0 bridgehead atoms. The normalized spacial score (nSPS) is 14.1. The number of nitrogens with two attached hydrogens (primary N) is 1. The van der Waals surface area contributed by atoms with Crippen molar-refractivity contribution in [3.05, 3.63) is 0 Å². The van der Waals surface area contributed by atoms with Crippen molar-refractivity contribution in [1.29, 1.82) is 0 Å². The highest BCUT2D eigenvalue weighted by molar-refractivity contribution is 5.76. The number of amides is 2. The second kappa shape index (κ2) is 24.3. The number of hydrogen-bond donors (Lipinski definition) is 9. The van der Waals surface area contributed by atoms with E-state index in [-0.39, 0.29) is 44.0 Å². The van der Waals surface area contributed by atoms with Crippen molar-refractivity contribution in [3.8, 4) is 0 Å². The minimum atomic E-state index is -1.15. The molecule has 14 heteroatoms. The number of hydroxylamine groups is 6. The Hall–Kier alpha value is -1.46. The Morgan fingerprint density at radius 1 is 0.641 bits per heavy atom. The van der Waals surface area contributed by atoms with Gasteiger partial charge in [-0.2, -0.15) is 15.2 Å². The van der Waals surface area contributed by atoms with Crippen LogP contribution in [-0.4, -0.2) is 116 Å². The average molecular weight is 567 g/mol. The molecule has 0 spiro atoms. The van der Waals surface area contributed by atoms with E-state index >= 15 is 0 Å². The van der Waals surface area contributed by atoms with Gasteiger partial charge < -0.3 is 47.3 Å². The van der Waals surface area contributed by atoms with Crippen LogP contribution in [0.25, 0.3) is 0 Å². The van der Waals surface area contributed by atoms with Crippen LogP contribution in [0.15, 0.2) is 0 Å². The topological polar surface area (TPSA) is 215 Å². The molecule has 0 fully saturated rings. The maximum Gasteiger partial charge on any atom is 0.220 e. The number of nitrogens with one attached hydrogen (secondary N) is 2. The maximum absolute atomic E-state index is 11.9. The summed E-state index contributed by atoms with van der Waals surface area (Å²) >= 11 is 0. The summed E-state index contributed by atoms with van der Waals surface area (Å²) < 4.78 is 0. The molecule has 10 N–H and O–H groups in total. The van der Waals surface area contributed by atoms with Gasteiger partial charge in [0.05, 0.1) is 0 Å². The highest BCUT2D eigenvalue weighted by Crippen LogP contribution is 2.07. The molecular weight excluding hydrogens is 512 g/mol. The summed E-state index contributed by atoms with van der Waals surface area (Å²) in [6.07, 6.45) is 3.89. The summed E-state index contributed by atoms with van der Waals surface area (Å²) in [5.41, 5.74) is 5.42. The molecule has 0 rings (SSSR count). The lowest BCUT2D eigenvalue weighted by Crippen LogP contribution is -2.35. The lowest BCUT2D eigenvalue weighted by atomic mass is 10.2. The second-order valence-corrected chi connectivity index (χ2v) is 9.83. The van der Waals surface area contributed by atoms with E-state index in [0.29, 0.717) is 64.8 Å². The van der Waals surface area contributed by atoms with Crippen LogP contribution in [0.1, 0.15) is 90.4 Å². The first-order valence-corrected chi connectivity index (χ1v) is 14.2. The number of aliphatic hydroxyl groups excluding tert-OH is 3. The first-order chi connectivity index (χ1) is 18.6. The third kappa shape index (κ3) is 22.0. The minimum absolute atomic E-state index is 0.0771. The van der Waals surface area contributed by atoms with Crippen LogP contribution >= 0.6 is 0 Å². The number of carbonyl (C=O) groups excluding carboxylic acids is 2. The number of unbranched alkanes of at least 4 members (excludes halogenated alkanes) is 6. The fraction of sp³-hybridized carbons (Fsp3) is 0.920. The summed E-state index contributed by atoms with van der Waals surface area (Å²) in [6.45, 7) is 3.90. The molecule has 232 valence electrons. The average Bonchev–Trinajstić information content (AvgIpc) is 2.91. The minimum Gasteiger partial charge on any atom is -0.377 e. The molecule has 0 saturated heterocycles. The van der Waals surface area contributed by atoms with Gasteiger partial charge in [-0.15, -0.1) is 0 Å². The third-order valence-corrected chi connectivity index (χ3v) is 6.24. The van der Waals surface area contributed by atoms with Crippen LogP contribution in [0.3, 0.4) is 0 Å². The Balaban J connectivity index is 3.73. The molecule has 3 unspecified atom stereocenters. The monoisotopic (exact) mass is 566 g/mol.